The second-order valence-corrected chi connectivity index (χ2v) is 6.03. The molecule has 0 fully saturated rings. The number of hydrogen-bond donors (Lipinski definition) is 1. The summed E-state index contributed by atoms with van der Waals surface area (Å²) < 4.78 is 10.7. The molecule has 1 heterocycles. The van der Waals surface area contributed by atoms with Crippen molar-refractivity contribution in [2.75, 3.05) is 26.6 Å². The van der Waals surface area contributed by atoms with Crippen LogP contribution in [0.3, 0.4) is 0 Å². The van der Waals surface area contributed by atoms with Crippen LogP contribution in [0.2, 0.25) is 5.02 Å². The van der Waals surface area contributed by atoms with Crippen LogP contribution in [0.15, 0.2) is 48.2 Å². The SMILES string of the molecule is COc1ccc(Cl)cc1NC1=C(c2ccccc2OC)C(=O)N(C)C1=O. The van der Waals surface area contributed by atoms with E-state index in [0.717, 1.165) is 4.90 Å². The van der Waals surface area contributed by atoms with Gasteiger partial charge in [-0.2, -0.15) is 0 Å². The first-order valence-corrected chi connectivity index (χ1v) is 8.16. The third kappa shape index (κ3) is 2.99. The lowest BCUT2D eigenvalue weighted by Gasteiger charge is -2.13. The van der Waals surface area contributed by atoms with Gasteiger partial charge in [-0.05, 0) is 24.3 Å². The number of halogens is 1. The number of rotatable bonds is 5. The van der Waals surface area contributed by atoms with E-state index in [0.29, 0.717) is 27.8 Å². The fourth-order valence-electron chi connectivity index (χ4n) is 2.77. The number of anilines is 1. The summed E-state index contributed by atoms with van der Waals surface area (Å²) in [6.07, 6.45) is 0. The van der Waals surface area contributed by atoms with E-state index in [1.807, 2.05) is 0 Å². The second kappa shape index (κ2) is 7.09. The van der Waals surface area contributed by atoms with Gasteiger partial charge < -0.3 is 14.8 Å². The second-order valence-electron chi connectivity index (χ2n) is 5.59. The number of nitrogens with one attached hydrogen (secondary N) is 1. The molecule has 0 radical (unpaired) electrons. The molecule has 0 saturated heterocycles. The van der Waals surface area contributed by atoms with Crippen molar-refractivity contribution in [3.05, 3.63) is 58.7 Å². The number of para-hydroxylation sites is 1. The Labute approximate surface area is 156 Å². The molecule has 0 bridgehead atoms. The van der Waals surface area contributed by atoms with Crippen LogP contribution in [0.25, 0.3) is 5.57 Å². The normalized spacial score (nSPS) is 14.1. The summed E-state index contributed by atoms with van der Waals surface area (Å²) in [5, 5.41) is 3.48. The number of imide groups is 1. The van der Waals surface area contributed by atoms with Crippen LogP contribution < -0.4 is 14.8 Å². The largest absolute Gasteiger partial charge is 0.496 e. The van der Waals surface area contributed by atoms with Crippen LogP contribution in [0.4, 0.5) is 5.69 Å². The minimum Gasteiger partial charge on any atom is -0.496 e. The lowest BCUT2D eigenvalue weighted by atomic mass is 10.0. The summed E-state index contributed by atoms with van der Waals surface area (Å²) >= 11 is 6.06. The molecule has 1 aliphatic rings. The van der Waals surface area contributed by atoms with Crippen LogP contribution in [0.5, 0.6) is 11.5 Å². The topological polar surface area (TPSA) is 67.9 Å². The molecule has 0 atom stereocenters. The van der Waals surface area contributed by atoms with Crippen molar-refractivity contribution in [2.24, 2.45) is 0 Å². The van der Waals surface area contributed by atoms with E-state index in [1.165, 1.54) is 21.3 Å². The Morgan fingerprint density at radius 2 is 1.65 bits per heavy atom. The zero-order chi connectivity index (χ0) is 18.8. The van der Waals surface area contributed by atoms with Crippen LogP contribution in [0, 0.1) is 0 Å². The lowest BCUT2D eigenvalue weighted by molar-refractivity contribution is -0.135. The molecule has 0 aliphatic carbocycles. The molecule has 26 heavy (non-hydrogen) atoms. The van der Waals surface area contributed by atoms with Gasteiger partial charge in [0.15, 0.2) is 0 Å². The molecule has 2 aromatic rings. The van der Waals surface area contributed by atoms with Gasteiger partial charge in [0.05, 0.1) is 25.5 Å². The average molecular weight is 373 g/mol. The van der Waals surface area contributed by atoms with Gasteiger partial charge in [-0.15, -0.1) is 0 Å². The van der Waals surface area contributed by atoms with Crippen molar-refractivity contribution in [2.45, 2.75) is 0 Å². The monoisotopic (exact) mass is 372 g/mol. The van der Waals surface area contributed by atoms with Crippen LogP contribution >= 0.6 is 11.6 Å². The maximum Gasteiger partial charge on any atom is 0.277 e. The molecule has 2 amide bonds. The first-order valence-electron chi connectivity index (χ1n) is 7.78. The molecule has 134 valence electrons. The summed E-state index contributed by atoms with van der Waals surface area (Å²) in [6, 6.07) is 12.0. The van der Waals surface area contributed by atoms with E-state index >= 15 is 0 Å². The number of carbonyl (C=O) groups is 2. The Bertz CT molecular complexity index is 924. The van der Waals surface area contributed by atoms with Gasteiger partial charge in [0.25, 0.3) is 11.8 Å². The molecule has 6 nitrogen and oxygen atoms in total. The maximum atomic E-state index is 12.7. The highest BCUT2D eigenvalue weighted by atomic mass is 35.5. The molecule has 7 heteroatoms. The van der Waals surface area contributed by atoms with Crippen molar-refractivity contribution in [1.82, 2.24) is 4.90 Å². The highest BCUT2D eigenvalue weighted by Crippen LogP contribution is 2.36. The molecule has 0 aromatic heterocycles. The lowest BCUT2D eigenvalue weighted by Crippen LogP contribution is -2.28. The van der Waals surface area contributed by atoms with Gasteiger partial charge in [0, 0.05) is 17.6 Å². The predicted molar refractivity (Wildman–Crippen MR) is 99.3 cm³/mol. The summed E-state index contributed by atoms with van der Waals surface area (Å²) in [6.45, 7) is 0. The number of benzene rings is 2. The number of methoxy groups -OCH3 is 2. The van der Waals surface area contributed by atoms with Gasteiger partial charge in [-0.3, -0.25) is 14.5 Å². The fraction of sp³-hybridized carbons (Fsp3) is 0.158. The summed E-state index contributed by atoms with van der Waals surface area (Å²) in [5.41, 5.74) is 1.39. The fourth-order valence-corrected chi connectivity index (χ4v) is 2.94. The molecule has 0 spiro atoms. The van der Waals surface area contributed by atoms with Crippen molar-refractivity contribution in [1.29, 1.82) is 0 Å². The number of hydrogen-bond acceptors (Lipinski definition) is 5. The summed E-state index contributed by atoms with van der Waals surface area (Å²) in [4.78, 5) is 26.4. The van der Waals surface area contributed by atoms with Crippen LogP contribution in [-0.2, 0) is 9.59 Å². The van der Waals surface area contributed by atoms with E-state index in [-0.39, 0.29) is 11.3 Å². The number of nitrogens with zero attached hydrogens (tertiary/aromatic N) is 1. The van der Waals surface area contributed by atoms with Crippen molar-refractivity contribution >= 4 is 34.7 Å². The van der Waals surface area contributed by atoms with E-state index in [9.17, 15) is 9.59 Å². The molecule has 0 saturated carbocycles. The molecule has 1 aliphatic heterocycles. The highest BCUT2D eigenvalue weighted by molar-refractivity contribution is 6.37. The number of amides is 2. The molecular weight excluding hydrogens is 356 g/mol. The van der Waals surface area contributed by atoms with E-state index in [2.05, 4.69) is 5.32 Å². The van der Waals surface area contributed by atoms with E-state index in [1.54, 1.807) is 42.5 Å². The first-order chi connectivity index (χ1) is 12.5. The number of carbonyl (C=O) groups excluding carboxylic acids is 2. The smallest absolute Gasteiger partial charge is 0.277 e. The Balaban J connectivity index is 2.17. The molecule has 0 unspecified atom stereocenters. The third-order valence-corrected chi connectivity index (χ3v) is 4.32. The predicted octanol–water partition coefficient (Wildman–Crippen LogP) is 3.18. The maximum absolute atomic E-state index is 12.7. The van der Waals surface area contributed by atoms with Crippen molar-refractivity contribution < 1.29 is 19.1 Å². The summed E-state index contributed by atoms with van der Waals surface area (Å²) in [5.74, 6) is 0.133. The Kier molecular flexibility index (Phi) is 4.86. The van der Waals surface area contributed by atoms with Crippen LogP contribution in [0.1, 0.15) is 5.56 Å². The van der Waals surface area contributed by atoms with Crippen molar-refractivity contribution in [3.8, 4) is 11.5 Å². The third-order valence-electron chi connectivity index (χ3n) is 4.08. The average Bonchev–Trinajstić information content (AvgIpc) is 2.86. The standard InChI is InChI=1S/C19H17ClN2O4/c1-22-18(23)16(12-6-4-5-7-14(12)25-2)17(19(22)24)21-13-10-11(20)8-9-15(13)26-3/h4-10,21H,1-3H3. The minimum absolute atomic E-state index is 0.141. The van der Waals surface area contributed by atoms with Gasteiger partial charge in [-0.1, -0.05) is 29.8 Å². The Morgan fingerprint density at radius 3 is 2.35 bits per heavy atom. The Morgan fingerprint density at radius 1 is 0.962 bits per heavy atom. The molecule has 1 N–H and O–H groups in total. The molecule has 3 rings (SSSR count). The van der Waals surface area contributed by atoms with Gasteiger partial charge >= 0.3 is 0 Å². The zero-order valence-electron chi connectivity index (χ0n) is 14.5. The zero-order valence-corrected chi connectivity index (χ0v) is 15.3. The summed E-state index contributed by atoms with van der Waals surface area (Å²) in [7, 11) is 4.46. The minimum atomic E-state index is -0.446. The number of likely N-dealkylation sites (N-methyl/N-ethyl adjacent to an activating group) is 1. The van der Waals surface area contributed by atoms with Gasteiger partial charge in [-0.25, -0.2) is 0 Å². The van der Waals surface area contributed by atoms with Crippen molar-refractivity contribution in [3.63, 3.8) is 0 Å². The Hall–Kier alpha value is -2.99. The van der Waals surface area contributed by atoms with E-state index < -0.39 is 11.8 Å². The first kappa shape index (κ1) is 17.8. The van der Waals surface area contributed by atoms with Gasteiger partial charge in [0.2, 0.25) is 0 Å². The molecular formula is C19H17ClN2O4. The van der Waals surface area contributed by atoms with E-state index in [4.69, 9.17) is 21.1 Å². The molecule has 2 aromatic carbocycles. The quantitative estimate of drug-likeness (QED) is 0.816. The number of ether oxygens (including phenoxy) is 2. The van der Waals surface area contributed by atoms with Gasteiger partial charge in [0.1, 0.15) is 17.2 Å². The highest BCUT2D eigenvalue weighted by Gasteiger charge is 2.38. The van der Waals surface area contributed by atoms with Crippen LogP contribution in [-0.4, -0.2) is 38.0 Å².